The van der Waals surface area contributed by atoms with E-state index in [9.17, 15) is 0 Å². The Morgan fingerprint density at radius 1 is 1.08 bits per heavy atom. The van der Waals surface area contributed by atoms with Crippen LogP contribution in [0, 0.1) is 5.92 Å². The average Bonchev–Trinajstić information content (AvgIpc) is 1.98. The Morgan fingerprint density at radius 2 is 1.75 bits per heavy atom. The highest BCUT2D eigenvalue weighted by atomic mass is 16.7. The van der Waals surface area contributed by atoms with Crippen LogP contribution in [-0.2, 0) is 14.2 Å². The summed E-state index contributed by atoms with van der Waals surface area (Å²) in [6.07, 6.45) is 0.113. The van der Waals surface area contributed by atoms with E-state index in [-0.39, 0.29) is 6.10 Å². The number of ether oxygens (including phenoxy) is 3. The minimum atomic E-state index is 0.113. The smallest absolute Gasteiger partial charge is 0.147 e. The van der Waals surface area contributed by atoms with E-state index in [2.05, 4.69) is 13.8 Å². The molecule has 0 spiro atoms. The van der Waals surface area contributed by atoms with Crippen LogP contribution in [0.15, 0.2) is 0 Å². The van der Waals surface area contributed by atoms with Gasteiger partial charge in [-0.05, 0) is 12.8 Å². The van der Waals surface area contributed by atoms with Gasteiger partial charge in [-0.1, -0.05) is 13.8 Å². The summed E-state index contributed by atoms with van der Waals surface area (Å²) in [7, 11) is 1.66. The molecule has 0 radical (unpaired) electrons. The maximum atomic E-state index is 5.29. The molecule has 0 N–H and O–H groups in total. The van der Waals surface area contributed by atoms with E-state index in [0.717, 1.165) is 6.61 Å². The maximum Gasteiger partial charge on any atom is 0.147 e. The van der Waals surface area contributed by atoms with Crippen molar-refractivity contribution >= 4 is 0 Å². The SMILES string of the molecule is COCC(C)OCOCC(C)C. The molecule has 74 valence electrons. The number of methoxy groups -OCH3 is 1. The molecule has 0 heterocycles. The van der Waals surface area contributed by atoms with Crippen molar-refractivity contribution in [2.24, 2.45) is 5.92 Å². The first-order valence-corrected chi connectivity index (χ1v) is 4.35. The lowest BCUT2D eigenvalue weighted by Crippen LogP contribution is -2.17. The van der Waals surface area contributed by atoms with Crippen molar-refractivity contribution in [1.29, 1.82) is 0 Å². The van der Waals surface area contributed by atoms with Crippen LogP contribution in [0.2, 0.25) is 0 Å². The predicted octanol–water partition coefficient (Wildman–Crippen LogP) is 1.67. The second-order valence-corrected chi connectivity index (χ2v) is 3.32. The molecule has 3 heteroatoms. The summed E-state index contributed by atoms with van der Waals surface area (Å²) in [5.74, 6) is 0.561. The van der Waals surface area contributed by atoms with Gasteiger partial charge >= 0.3 is 0 Å². The number of hydrogen-bond donors (Lipinski definition) is 0. The maximum absolute atomic E-state index is 5.29. The van der Waals surface area contributed by atoms with Crippen LogP contribution >= 0.6 is 0 Å². The summed E-state index contributed by atoms with van der Waals surface area (Å²) in [6.45, 7) is 7.91. The average molecular weight is 176 g/mol. The Morgan fingerprint density at radius 3 is 2.25 bits per heavy atom. The lowest BCUT2D eigenvalue weighted by Gasteiger charge is -2.12. The third-order valence-corrected chi connectivity index (χ3v) is 1.29. The van der Waals surface area contributed by atoms with Gasteiger partial charge in [0.05, 0.1) is 19.3 Å². The summed E-state index contributed by atoms with van der Waals surface area (Å²) in [5.41, 5.74) is 0. The third-order valence-electron chi connectivity index (χ3n) is 1.29. The van der Waals surface area contributed by atoms with Crippen molar-refractivity contribution in [2.45, 2.75) is 26.9 Å². The van der Waals surface area contributed by atoms with Crippen molar-refractivity contribution in [2.75, 3.05) is 27.1 Å². The van der Waals surface area contributed by atoms with Crippen LogP contribution < -0.4 is 0 Å². The first-order valence-electron chi connectivity index (χ1n) is 4.35. The first kappa shape index (κ1) is 11.9. The van der Waals surface area contributed by atoms with Gasteiger partial charge in [0.15, 0.2) is 0 Å². The molecule has 0 saturated carbocycles. The normalized spacial score (nSPS) is 13.8. The summed E-state index contributed by atoms with van der Waals surface area (Å²) in [5, 5.41) is 0. The van der Waals surface area contributed by atoms with Crippen LogP contribution in [0.4, 0.5) is 0 Å². The summed E-state index contributed by atoms with van der Waals surface area (Å²) in [6, 6.07) is 0. The van der Waals surface area contributed by atoms with Gasteiger partial charge in [0.1, 0.15) is 6.79 Å². The molecule has 12 heavy (non-hydrogen) atoms. The predicted molar refractivity (Wildman–Crippen MR) is 48.1 cm³/mol. The molecule has 0 aliphatic rings. The Hall–Kier alpha value is -0.120. The lowest BCUT2D eigenvalue weighted by atomic mass is 10.2. The van der Waals surface area contributed by atoms with E-state index in [1.807, 2.05) is 6.92 Å². The minimum Gasteiger partial charge on any atom is -0.382 e. The second-order valence-electron chi connectivity index (χ2n) is 3.32. The molecule has 0 bridgehead atoms. The van der Waals surface area contributed by atoms with Crippen molar-refractivity contribution in [3.63, 3.8) is 0 Å². The molecule has 0 fully saturated rings. The fraction of sp³-hybridized carbons (Fsp3) is 1.00. The molecule has 0 saturated heterocycles. The van der Waals surface area contributed by atoms with E-state index in [0.29, 0.717) is 19.3 Å². The molecule has 0 aromatic rings. The van der Waals surface area contributed by atoms with Gasteiger partial charge in [-0.3, -0.25) is 0 Å². The Bertz CT molecular complexity index is 93.8. The molecular weight excluding hydrogens is 156 g/mol. The van der Waals surface area contributed by atoms with Gasteiger partial charge in [0, 0.05) is 7.11 Å². The second kappa shape index (κ2) is 7.53. The van der Waals surface area contributed by atoms with Crippen molar-refractivity contribution in [1.82, 2.24) is 0 Å². The zero-order chi connectivity index (χ0) is 9.40. The Kier molecular flexibility index (Phi) is 7.45. The highest BCUT2D eigenvalue weighted by Gasteiger charge is 2.00. The standard InChI is InChI=1S/C9H20O3/c1-8(2)5-11-7-12-9(3)6-10-4/h8-9H,5-7H2,1-4H3. The number of hydrogen-bond acceptors (Lipinski definition) is 3. The van der Waals surface area contributed by atoms with E-state index < -0.39 is 0 Å². The summed E-state index contributed by atoms with van der Waals surface area (Å²) >= 11 is 0. The van der Waals surface area contributed by atoms with Gasteiger partial charge in [0.25, 0.3) is 0 Å². The van der Waals surface area contributed by atoms with Crippen LogP contribution in [0.1, 0.15) is 20.8 Å². The fourth-order valence-electron chi connectivity index (χ4n) is 0.731. The van der Waals surface area contributed by atoms with E-state index >= 15 is 0 Å². The van der Waals surface area contributed by atoms with Gasteiger partial charge < -0.3 is 14.2 Å². The zero-order valence-corrected chi connectivity index (χ0v) is 8.50. The highest BCUT2D eigenvalue weighted by Crippen LogP contribution is 1.95. The third kappa shape index (κ3) is 7.98. The van der Waals surface area contributed by atoms with Crippen molar-refractivity contribution in [3.05, 3.63) is 0 Å². The molecule has 3 nitrogen and oxygen atoms in total. The lowest BCUT2D eigenvalue weighted by molar-refractivity contribution is -0.105. The van der Waals surface area contributed by atoms with Gasteiger partial charge in [-0.25, -0.2) is 0 Å². The molecule has 0 aromatic heterocycles. The molecule has 0 amide bonds. The van der Waals surface area contributed by atoms with Crippen LogP contribution in [0.3, 0.4) is 0 Å². The first-order chi connectivity index (χ1) is 5.66. The van der Waals surface area contributed by atoms with Crippen LogP contribution in [0.5, 0.6) is 0 Å². The van der Waals surface area contributed by atoms with Crippen LogP contribution in [-0.4, -0.2) is 33.2 Å². The number of rotatable bonds is 7. The summed E-state index contributed by atoms with van der Waals surface area (Å²) in [4.78, 5) is 0. The fourth-order valence-corrected chi connectivity index (χ4v) is 0.731. The molecule has 0 rings (SSSR count). The molecule has 1 unspecified atom stereocenters. The van der Waals surface area contributed by atoms with E-state index in [1.54, 1.807) is 7.11 Å². The largest absolute Gasteiger partial charge is 0.382 e. The van der Waals surface area contributed by atoms with Gasteiger partial charge in [-0.2, -0.15) is 0 Å². The highest BCUT2D eigenvalue weighted by molar-refractivity contribution is 4.43. The monoisotopic (exact) mass is 176 g/mol. The molecule has 0 aliphatic heterocycles. The van der Waals surface area contributed by atoms with E-state index in [1.165, 1.54) is 0 Å². The minimum absolute atomic E-state index is 0.113. The molecular formula is C9H20O3. The summed E-state index contributed by atoms with van der Waals surface area (Å²) < 4.78 is 15.4. The molecule has 0 aliphatic carbocycles. The van der Waals surface area contributed by atoms with Crippen molar-refractivity contribution < 1.29 is 14.2 Å². The van der Waals surface area contributed by atoms with E-state index in [4.69, 9.17) is 14.2 Å². The molecule has 1 atom stereocenters. The Labute approximate surface area is 75.0 Å². The van der Waals surface area contributed by atoms with Gasteiger partial charge in [-0.15, -0.1) is 0 Å². The van der Waals surface area contributed by atoms with Crippen molar-refractivity contribution in [3.8, 4) is 0 Å². The topological polar surface area (TPSA) is 27.7 Å². The quantitative estimate of drug-likeness (QED) is 0.436. The zero-order valence-electron chi connectivity index (χ0n) is 8.50. The van der Waals surface area contributed by atoms with Crippen LogP contribution in [0.25, 0.3) is 0 Å². The Balaban J connectivity index is 3.08. The van der Waals surface area contributed by atoms with Gasteiger partial charge in [0.2, 0.25) is 0 Å². The molecule has 0 aromatic carbocycles.